The number of carbonyl (C=O) groups excluding carboxylic acids is 4. The summed E-state index contributed by atoms with van der Waals surface area (Å²) in [6.45, 7) is 11.7. The average molecular weight is 403 g/mol. The number of thioether (sulfide) groups is 2. The van der Waals surface area contributed by atoms with Crippen LogP contribution in [0.15, 0.2) is 0 Å². The van der Waals surface area contributed by atoms with Gasteiger partial charge in [0.15, 0.2) is 0 Å². The molecule has 0 aromatic carbocycles. The van der Waals surface area contributed by atoms with Crippen molar-refractivity contribution >= 4 is 45.6 Å². The summed E-state index contributed by atoms with van der Waals surface area (Å²) in [4.78, 5) is 46.7. The lowest BCUT2D eigenvalue weighted by Crippen LogP contribution is -2.59. The predicted octanol–water partition coefficient (Wildman–Crippen LogP) is 2.65. The first-order valence-electron chi connectivity index (χ1n) is 9.07. The highest BCUT2D eigenvalue weighted by molar-refractivity contribution is 8.17. The second-order valence-corrected chi connectivity index (χ2v) is 10.6. The molecule has 2 heterocycles. The minimum Gasteiger partial charge on any atom is -0.344 e. The first kappa shape index (κ1) is 23.0. The normalized spacial score (nSPS) is 25.2. The molecular weight excluding hydrogens is 372 g/mol. The highest BCUT2D eigenvalue weighted by Crippen LogP contribution is 2.42. The minimum atomic E-state index is -0.414. The van der Waals surface area contributed by atoms with Crippen LogP contribution < -0.4 is 10.6 Å². The van der Waals surface area contributed by atoms with Gasteiger partial charge in [-0.05, 0) is 40.5 Å². The Labute approximate surface area is 164 Å². The standard InChI is InChI=1S/C16H24N2O4S2.C2H6/c1-15(2)11(13(21)23-15)17-9(19)7-5-6-8-10(20)18-12-14(22)24-16(12,3)4;1-2/h11-12H,5-8H2,1-4H3,(H,17,19)(H,18,20);1-2H3. The molecule has 2 unspecified atom stereocenters. The van der Waals surface area contributed by atoms with E-state index in [-0.39, 0.29) is 31.5 Å². The molecule has 2 amide bonds. The van der Waals surface area contributed by atoms with Gasteiger partial charge >= 0.3 is 0 Å². The molecule has 2 aliphatic heterocycles. The number of unbranched alkanes of at least 4 members (excludes halogenated alkanes) is 1. The second kappa shape index (κ2) is 9.26. The van der Waals surface area contributed by atoms with E-state index in [1.54, 1.807) is 0 Å². The monoisotopic (exact) mass is 402 g/mol. The third kappa shape index (κ3) is 5.74. The molecule has 0 aromatic heterocycles. The number of carbonyl (C=O) groups is 4. The molecule has 0 aromatic rings. The Morgan fingerprint density at radius 2 is 1.12 bits per heavy atom. The van der Waals surface area contributed by atoms with E-state index in [9.17, 15) is 19.2 Å². The van der Waals surface area contributed by atoms with Crippen molar-refractivity contribution in [1.29, 1.82) is 0 Å². The van der Waals surface area contributed by atoms with E-state index in [1.165, 1.54) is 23.5 Å². The van der Waals surface area contributed by atoms with E-state index in [0.29, 0.717) is 25.7 Å². The van der Waals surface area contributed by atoms with Crippen LogP contribution in [0, 0.1) is 0 Å². The van der Waals surface area contributed by atoms with Gasteiger partial charge in [0, 0.05) is 22.3 Å². The Bertz CT molecular complexity index is 526. The van der Waals surface area contributed by atoms with Gasteiger partial charge in [-0.1, -0.05) is 37.4 Å². The summed E-state index contributed by atoms with van der Waals surface area (Å²) in [6.07, 6.45) is 1.73. The lowest BCUT2D eigenvalue weighted by Gasteiger charge is -2.41. The van der Waals surface area contributed by atoms with Gasteiger partial charge in [-0.15, -0.1) is 0 Å². The van der Waals surface area contributed by atoms with E-state index in [4.69, 9.17) is 0 Å². The van der Waals surface area contributed by atoms with Gasteiger partial charge in [-0.25, -0.2) is 0 Å². The van der Waals surface area contributed by atoms with Crippen molar-refractivity contribution in [2.45, 2.75) is 88.8 Å². The maximum atomic E-state index is 11.9. The molecule has 8 heteroatoms. The molecule has 2 aliphatic rings. The fraction of sp³-hybridized carbons (Fsp3) is 0.778. The van der Waals surface area contributed by atoms with Crippen LogP contribution in [0.25, 0.3) is 0 Å². The number of amides is 2. The molecule has 0 bridgehead atoms. The maximum absolute atomic E-state index is 11.9. The number of rotatable bonds is 7. The average Bonchev–Trinajstić information content (AvgIpc) is 2.55. The second-order valence-electron chi connectivity index (χ2n) is 7.26. The van der Waals surface area contributed by atoms with Crippen LogP contribution in [0.3, 0.4) is 0 Å². The van der Waals surface area contributed by atoms with E-state index in [1.807, 2.05) is 41.5 Å². The van der Waals surface area contributed by atoms with Crippen molar-refractivity contribution in [1.82, 2.24) is 10.6 Å². The lowest BCUT2D eigenvalue weighted by molar-refractivity contribution is -0.127. The molecule has 148 valence electrons. The van der Waals surface area contributed by atoms with Crippen LogP contribution in [0.4, 0.5) is 0 Å². The highest BCUT2D eigenvalue weighted by atomic mass is 32.2. The van der Waals surface area contributed by atoms with Gasteiger partial charge in [-0.2, -0.15) is 0 Å². The van der Waals surface area contributed by atoms with Gasteiger partial charge in [0.1, 0.15) is 12.1 Å². The van der Waals surface area contributed by atoms with Crippen LogP contribution >= 0.6 is 23.5 Å². The Kier molecular flexibility index (Phi) is 8.20. The molecule has 2 saturated heterocycles. The predicted molar refractivity (Wildman–Crippen MR) is 107 cm³/mol. The third-order valence-corrected chi connectivity index (χ3v) is 6.65. The summed E-state index contributed by atoms with van der Waals surface area (Å²) >= 11 is 2.49. The largest absolute Gasteiger partial charge is 0.344 e. The van der Waals surface area contributed by atoms with Crippen LogP contribution in [-0.4, -0.2) is 43.6 Å². The van der Waals surface area contributed by atoms with Crippen molar-refractivity contribution in [2.75, 3.05) is 0 Å². The molecule has 0 saturated carbocycles. The number of hydrogen-bond donors (Lipinski definition) is 2. The molecular formula is C18H30N2O4S2. The fourth-order valence-electron chi connectivity index (χ4n) is 2.71. The third-order valence-electron chi connectivity index (χ3n) is 4.26. The topological polar surface area (TPSA) is 92.3 Å². The van der Waals surface area contributed by atoms with Crippen molar-refractivity contribution in [3.05, 3.63) is 0 Å². The van der Waals surface area contributed by atoms with Gasteiger partial charge in [0.2, 0.25) is 22.0 Å². The maximum Gasteiger partial charge on any atom is 0.220 e. The molecule has 2 rings (SSSR count). The molecule has 0 radical (unpaired) electrons. The highest BCUT2D eigenvalue weighted by Gasteiger charge is 2.49. The summed E-state index contributed by atoms with van der Waals surface area (Å²) < 4.78 is -0.487. The van der Waals surface area contributed by atoms with Crippen molar-refractivity contribution in [3.8, 4) is 0 Å². The first-order chi connectivity index (χ1) is 12.0. The molecule has 6 nitrogen and oxygen atoms in total. The van der Waals surface area contributed by atoms with Crippen molar-refractivity contribution in [3.63, 3.8) is 0 Å². The molecule has 26 heavy (non-hydrogen) atoms. The Balaban J connectivity index is 0.00000163. The lowest BCUT2D eigenvalue weighted by atomic mass is 10.0. The Hall–Kier alpha value is -1.02. The zero-order chi connectivity index (χ0) is 20.1. The smallest absolute Gasteiger partial charge is 0.220 e. The fourth-order valence-corrected chi connectivity index (χ4v) is 4.88. The first-order valence-corrected chi connectivity index (χ1v) is 10.7. The van der Waals surface area contributed by atoms with Crippen LogP contribution in [0.5, 0.6) is 0 Å². The van der Waals surface area contributed by atoms with Crippen molar-refractivity contribution < 1.29 is 19.2 Å². The number of nitrogens with one attached hydrogen (secondary N) is 2. The summed E-state index contributed by atoms with van der Waals surface area (Å²) in [5, 5.41) is 5.51. The van der Waals surface area contributed by atoms with Gasteiger partial charge < -0.3 is 10.6 Å². The van der Waals surface area contributed by atoms with E-state index >= 15 is 0 Å². The van der Waals surface area contributed by atoms with Crippen LogP contribution in [0.2, 0.25) is 0 Å². The Morgan fingerprint density at radius 1 is 0.808 bits per heavy atom. The summed E-state index contributed by atoms with van der Waals surface area (Å²) in [6, 6.07) is -0.828. The van der Waals surface area contributed by atoms with Gasteiger partial charge in [0.05, 0.1) is 0 Å². The van der Waals surface area contributed by atoms with E-state index in [0.717, 1.165) is 0 Å². The zero-order valence-electron chi connectivity index (χ0n) is 16.4. The quantitative estimate of drug-likeness (QED) is 0.636. The zero-order valence-corrected chi connectivity index (χ0v) is 18.1. The summed E-state index contributed by atoms with van der Waals surface area (Å²) in [5.74, 6) is -0.317. The van der Waals surface area contributed by atoms with E-state index < -0.39 is 12.1 Å². The minimum absolute atomic E-state index is 0.00150. The molecule has 2 N–H and O–H groups in total. The molecule has 0 aliphatic carbocycles. The SMILES string of the molecule is CC.CC1(C)SC(=O)C1NC(=O)CCCCC(=O)NC1C(=O)SC1(C)C. The van der Waals surface area contributed by atoms with Gasteiger partial charge in [0.25, 0.3) is 0 Å². The van der Waals surface area contributed by atoms with Crippen LogP contribution in [-0.2, 0) is 19.2 Å². The molecule has 2 fully saturated rings. The Morgan fingerprint density at radius 3 is 1.35 bits per heavy atom. The molecule has 0 spiro atoms. The van der Waals surface area contributed by atoms with Gasteiger partial charge in [-0.3, -0.25) is 19.2 Å². The number of hydrogen-bond acceptors (Lipinski definition) is 6. The molecule has 2 atom stereocenters. The van der Waals surface area contributed by atoms with Crippen LogP contribution in [0.1, 0.15) is 67.2 Å². The summed E-state index contributed by atoms with van der Waals surface area (Å²) in [7, 11) is 0. The van der Waals surface area contributed by atoms with E-state index in [2.05, 4.69) is 10.6 Å². The van der Waals surface area contributed by atoms with Crippen molar-refractivity contribution in [2.24, 2.45) is 0 Å². The summed E-state index contributed by atoms with van der Waals surface area (Å²) in [5.41, 5.74) is 0.